The monoisotopic (exact) mass is 269 g/mol. The maximum Gasteiger partial charge on any atom is 0.120 e. The highest BCUT2D eigenvalue weighted by atomic mass is 32.1. The van der Waals surface area contributed by atoms with Gasteiger partial charge in [0, 0.05) is 11.9 Å². The highest BCUT2D eigenvalue weighted by Crippen LogP contribution is 2.31. The Hall–Kier alpha value is -2.04. The quantitative estimate of drug-likeness (QED) is 0.690. The standard InChI is InChI=1S/C15H15N3S/c1-15(2,3)14-7-11(13(8-16)19-14)5-6-12-9-17-10-18(12)4/h7,9-10H,1-4H3. The van der Waals surface area contributed by atoms with Crippen LogP contribution in [-0.4, -0.2) is 9.55 Å². The second kappa shape index (κ2) is 4.91. The van der Waals surface area contributed by atoms with Crippen molar-refractivity contribution in [2.45, 2.75) is 26.2 Å². The van der Waals surface area contributed by atoms with Gasteiger partial charge >= 0.3 is 0 Å². The zero-order chi connectivity index (χ0) is 14.0. The van der Waals surface area contributed by atoms with Crippen LogP contribution in [0.4, 0.5) is 0 Å². The molecule has 2 aromatic heterocycles. The van der Waals surface area contributed by atoms with E-state index in [1.165, 1.54) is 16.2 Å². The molecule has 0 N–H and O–H groups in total. The maximum atomic E-state index is 9.18. The van der Waals surface area contributed by atoms with Crippen LogP contribution >= 0.6 is 11.3 Å². The van der Waals surface area contributed by atoms with E-state index in [0.717, 1.165) is 11.3 Å². The summed E-state index contributed by atoms with van der Waals surface area (Å²) >= 11 is 1.52. The van der Waals surface area contributed by atoms with Crippen molar-refractivity contribution in [1.82, 2.24) is 9.55 Å². The summed E-state index contributed by atoms with van der Waals surface area (Å²) in [6.07, 6.45) is 3.43. The molecule has 2 aromatic rings. The fourth-order valence-electron chi connectivity index (χ4n) is 1.55. The molecule has 4 heteroatoms. The summed E-state index contributed by atoms with van der Waals surface area (Å²) in [5, 5.41) is 9.18. The molecule has 2 heterocycles. The van der Waals surface area contributed by atoms with Crippen LogP contribution in [0.5, 0.6) is 0 Å². The molecule has 0 atom stereocenters. The molecule has 19 heavy (non-hydrogen) atoms. The van der Waals surface area contributed by atoms with Gasteiger partial charge in [-0.05, 0) is 17.4 Å². The number of hydrogen-bond acceptors (Lipinski definition) is 3. The van der Waals surface area contributed by atoms with Gasteiger partial charge in [-0.15, -0.1) is 11.3 Å². The van der Waals surface area contributed by atoms with Gasteiger partial charge in [0.05, 0.1) is 18.1 Å². The Morgan fingerprint density at radius 2 is 2.05 bits per heavy atom. The normalized spacial score (nSPS) is 10.7. The van der Waals surface area contributed by atoms with Crippen molar-refractivity contribution in [3.8, 4) is 17.9 Å². The first-order valence-electron chi connectivity index (χ1n) is 5.94. The second-order valence-corrected chi connectivity index (χ2v) is 6.41. The lowest BCUT2D eigenvalue weighted by Gasteiger charge is -2.14. The van der Waals surface area contributed by atoms with Gasteiger partial charge in [-0.2, -0.15) is 5.26 Å². The molecule has 3 nitrogen and oxygen atoms in total. The maximum absolute atomic E-state index is 9.18. The highest BCUT2D eigenvalue weighted by molar-refractivity contribution is 7.12. The summed E-state index contributed by atoms with van der Waals surface area (Å²) < 4.78 is 1.86. The number of imidazole rings is 1. The third kappa shape index (κ3) is 2.86. The lowest BCUT2D eigenvalue weighted by molar-refractivity contribution is 0.604. The van der Waals surface area contributed by atoms with E-state index in [2.05, 4.69) is 43.7 Å². The molecule has 0 fully saturated rings. The fourth-order valence-corrected chi connectivity index (χ4v) is 2.51. The zero-order valence-electron chi connectivity index (χ0n) is 11.5. The number of aromatic nitrogens is 2. The summed E-state index contributed by atoms with van der Waals surface area (Å²) in [7, 11) is 1.90. The van der Waals surface area contributed by atoms with Gasteiger partial charge in [0.2, 0.25) is 0 Å². The van der Waals surface area contributed by atoms with E-state index in [1.54, 1.807) is 12.5 Å². The lowest BCUT2D eigenvalue weighted by atomic mass is 9.94. The lowest BCUT2D eigenvalue weighted by Crippen LogP contribution is -2.07. The first-order chi connectivity index (χ1) is 8.91. The minimum atomic E-state index is 0.0444. The molecule has 0 bridgehead atoms. The molecule has 0 aliphatic rings. The summed E-state index contributed by atoms with van der Waals surface area (Å²) in [6, 6.07) is 4.25. The molecule has 0 aromatic carbocycles. The molecular formula is C15H15N3S. The van der Waals surface area contributed by atoms with Crippen LogP contribution in [0.3, 0.4) is 0 Å². The van der Waals surface area contributed by atoms with Crippen LogP contribution in [0, 0.1) is 23.2 Å². The van der Waals surface area contributed by atoms with Gasteiger partial charge in [0.15, 0.2) is 0 Å². The molecule has 96 valence electrons. The molecule has 0 saturated heterocycles. The van der Waals surface area contributed by atoms with Gasteiger partial charge in [-0.3, -0.25) is 0 Å². The van der Waals surface area contributed by atoms with Crippen LogP contribution in [0.15, 0.2) is 18.6 Å². The van der Waals surface area contributed by atoms with E-state index in [4.69, 9.17) is 0 Å². The fraction of sp³-hybridized carbons (Fsp3) is 0.333. The number of nitriles is 1. The Kier molecular flexibility index (Phi) is 3.46. The van der Waals surface area contributed by atoms with E-state index < -0.39 is 0 Å². The second-order valence-electron chi connectivity index (χ2n) is 5.36. The molecule has 0 radical (unpaired) electrons. The van der Waals surface area contributed by atoms with Crippen molar-refractivity contribution >= 4 is 11.3 Å². The predicted molar refractivity (Wildman–Crippen MR) is 76.9 cm³/mol. The van der Waals surface area contributed by atoms with Gasteiger partial charge in [-0.25, -0.2) is 4.98 Å². The third-order valence-corrected chi connectivity index (χ3v) is 4.18. The number of hydrogen-bond donors (Lipinski definition) is 0. The van der Waals surface area contributed by atoms with E-state index in [-0.39, 0.29) is 5.41 Å². The Morgan fingerprint density at radius 1 is 1.32 bits per heavy atom. The number of thiophene rings is 1. The molecule has 0 spiro atoms. The van der Waals surface area contributed by atoms with Crippen molar-refractivity contribution in [2.24, 2.45) is 7.05 Å². The zero-order valence-corrected chi connectivity index (χ0v) is 12.3. The van der Waals surface area contributed by atoms with Crippen LogP contribution in [0.2, 0.25) is 0 Å². The van der Waals surface area contributed by atoms with Gasteiger partial charge in [0.1, 0.15) is 16.6 Å². The average molecular weight is 269 g/mol. The van der Waals surface area contributed by atoms with Gasteiger partial charge in [-0.1, -0.05) is 26.7 Å². The van der Waals surface area contributed by atoms with E-state index in [0.29, 0.717) is 4.88 Å². The van der Waals surface area contributed by atoms with Crippen LogP contribution in [0.25, 0.3) is 0 Å². The van der Waals surface area contributed by atoms with Gasteiger partial charge < -0.3 is 4.57 Å². The Morgan fingerprint density at radius 3 is 2.58 bits per heavy atom. The highest BCUT2D eigenvalue weighted by Gasteiger charge is 2.18. The minimum absolute atomic E-state index is 0.0444. The molecule has 0 aliphatic heterocycles. The molecule has 0 saturated carbocycles. The first kappa shape index (κ1) is 13.4. The van der Waals surface area contributed by atoms with Crippen molar-refractivity contribution in [3.63, 3.8) is 0 Å². The number of nitrogens with zero attached hydrogens (tertiary/aromatic N) is 3. The SMILES string of the molecule is Cn1cncc1C#Cc1cc(C(C)(C)C)sc1C#N. The predicted octanol–water partition coefficient (Wildman–Crippen LogP) is 3.05. The van der Waals surface area contributed by atoms with Crippen molar-refractivity contribution < 1.29 is 0 Å². The van der Waals surface area contributed by atoms with Crippen LogP contribution < -0.4 is 0 Å². The minimum Gasteiger partial charge on any atom is -0.327 e. The Bertz CT molecular complexity index is 696. The molecule has 0 unspecified atom stereocenters. The Balaban J connectivity index is 2.42. The van der Waals surface area contributed by atoms with E-state index >= 15 is 0 Å². The topological polar surface area (TPSA) is 41.6 Å². The van der Waals surface area contributed by atoms with Gasteiger partial charge in [0.25, 0.3) is 0 Å². The van der Waals surface area contributed by atoms with Crippen LogP contribution in [0.1, 0.15) is 41.8 Å². The first-order valence-corrected chi connectivity index (χ1v) is 6.76. The Labute approximate surface area is 117 Å². The summed E-state index contributed by atoms with van der Waals surface area (Å²) in [6.45, 7) is 6.41. The van der Waals surface area contributed by atoms with E-state index in [9.17, 15) is 5.26 Å². The van der Waals surface area contributed by atoms with Crippen molar-refractivity contribution in [3.05, 3.63) is 39.6 Å². The van der Waals surface area contributed by atoms with E-state index in [1.807, 2.05) is 17.7 Å². The largest absolute Gasteiger partial charge is 0.327 e. The number of rotatable bonds is 0. The molecule has 0 aliphatic carbocycles. The average Bonchev–Trinajstić information content (AvgIpc) is 2.91. The van der Waals surface area contributed by atoms with Crippen molar-refractivity contribution in [2.75, 3.05) is 0 Å². The summed E-state index contributed by atoms with van der Waals surface area (Å²) in [5.74, 6) is 6.13. The molecule has 2 rings (SSSR count). The molecule has 0 amide bonds. The van der Waals surface area contributed by atoms with Crippen LogP contribution in [-0.2, 0) is 12.5 Å². The van der Waals surface area contributed by atoms with Crippen molar-refractivity contribution in [1.29, 1.82) is 5.26 Å². The summed E-state index contributed by atoms with van der Waals surface area (Å²) in [4.78, 5) is 5.88. The molecular weight excluding hydrogens is 254 g/mol. The smallest absolute Gasteiger partial charge is 0.120 e. The number of aryl methyl sites for hydroxylation is 1. The summed E-state index contributed by atoms with van der Waals surface area (Å²) in [5.41, 5.74) is 1.69. The third-order valence-electron chi connectivity index (χ3n) is 2.71.